The minimum Gasteiger partial charge on any atom is -0.497 e. The van der Waals surface area contributed by atoms with Gasteiger partial charge in [-0.05, 0) is 78.7 Å². The number of amides is 1. The minimum absolute atomic E-state index is 0.0435. The van der Waals surface area contributed by atoms with Crippen molar-refractivity contribution in [1.29, 1.82) is 0 Å². The second-order valence-electron chi connectivity index (χ2n) is 11.8. The van der Waals surface area contributed by atoms with E-state index in [0.717, 1.165) is 32.1 Å². The Morgan fingerprint density at radius 3 is 2.73 bits per heavy atom. The van der Waals surface area contributed by atoms with Crippen molar-refractivity contribution in [2.45, 2.75) is 77.2 Å². The van der Waals surface area contributed by atoms with Gasteiger partial charge in [0.1, 0.15) is 12.4 Å². The maximum atomic E-state index is 13.7. The Balaban J connectivity index is 1.28. The summed E-state index contributed by atoms with van der Waals surface area (Å²) in [5.41, 5.74) is 4.33. The number of fused-ring (bicyclic) bond motifs is 3. The second-order valence-corrected chi connectivity index (χ2v) is 11.8. The number of esters is 1. The van der Waals surface area contributed by atoms with Gasteiger partial charge in [-0.15, -0.1) is 0 Å². The normalized spacial score (nSPS) is 28.9. The maximum Gasteiger partial charge on any atom is 0.414 e. The Morgan fingerprint density at radius 2 is 1.97 bits per heavy atom. The molecule has 1 saturated carbocycles. The van der Waals surface area contributed by atoms with E-state index in [1.54, 1.807) is 18.1 Å². The predicted octanol–water partition coefficient (Wildman–Crippen LogP) is 6.40. The number of hydrogen-bond donors (Lipinski definition) is 0. The first-order chi connectivity index (χ1) is 17.7. The van der Waals surface area contributed by atoms with Crippen LogP contribution in [-0.4, -0.2) is 38.4 Å². The highest BCUT2D eigenvalue weighted by Gasteiger charge is 2.56. The zero-order valence-electron chi connectivity index (χ0n) is 22.7. The molecule has 5 rings (SSSR count). The van der Waals surface area contributed by atoms with E-state index in [2.05, 4.69) is 45.9 Å². The molecule has 0 spiro atoms. The SMILES string of the molecule is COc1cccc(N2CC(COC(=O)[C@]3(C)CCC[C@]4(C)c5ccc(C(C)C)cc5CCC34)OC2=O)c1. The molecule has 3 aliphatic rings. The molecule has 37 heavy (non-hydrogen) atoms. The third-order valence-corrected chi connectivity index (χ3v) is 9.15. The van der Waals surface area contributed by atoms with Crippen LogP contribution in [0.1, 0.15) is 76.0 Å². The van der Waals surface area contributed by atoms with Crippen molar-refractivity contribution in [1.82, 2.24) is 0 Å². The average Bonchev–Trinajstić information content (AvgIpc) is 3.27. The quantitative estimate of drug-likeness (QED) is 0.425. The molecule has 0 bridgehead atoms. The molecule has 6 nitrogen and oxygen atoms in total. The number of aryl methyl sites for hydroxylation is 1. The number of hydrogen-bond acceptors (Lipinski definition) is 5. The smallest absolute Gasteiger partial charge is 0.414 e. The van der Waals surface area contributed by atoms with Crippen LogP contribution in [0.2, 0.25) is 0 Å². The molecule has 1 heterocycles. The van der Waals surface area contributed by atoms with Crippen molar-refractivity contribution in [2.75, 3.05) is 25.2 Å². The molecule has 6 heteroatoms. The van der Waals surface area contributed by atoms with E-state index >= 15 is 0 Å². The number of nitrogens with zero attached hydrogens (tertiary/aromatic N) is 1. The fourth-order valence-electron chi connectivity index (χ4n) is 7.05. The van der Waals surface area contributed by atoms with E-state index in [-0.39, 0.29) is 23.9 Å². The van der Waals surface area contributed by atoms with Crippen molar-refractivity contribution in [3.63, 3.8) is 0 Å². The fraction of sp³-hybridized carbons (Fsp3) is 0.548. The zero-order valence-corrected chi connectivity index (χ0v) is 22.7. The molecule has 0 radical (unpaired) electrons. The number of anilines is 1. The van der Waals surface area contributed by atoms with E-state index in [1.807, 2.05) is 18.2 Å². The van der Waals surface area contributed by atoms with Crippen molar-refractivity contribution in [3.05, 3.63) is 59.2 Å². The molecule has 0 N–H and O–H groups in total. The maximum absolute atomic E-state index is 13.7. The summed E-state index contributed by atoms with van der Waals surface area (Å²) in [5.74, 6) is 1.23. The van der Waals surface area contributed by atoms with Gasteiger partial charge in [-0.2, -0.15) is 0 Å². The Bertz CT molecular complexity index is 1190. The molecule has 198 valence electrons. The van der Waals surface area contributed by atoms with Gasteiger partial charge in [0.25, 0.3) is 0 Å². The lowest BCUT2D eigenvalue weighted by Gasteiger charge is -2.54. The Hall–Kier alpha value is -3.02. The van der Waals surface area contributed by atoms with Gasteiger partial charge in [-0.25, -0.2) is 4.79 Å². The van der Waals surface area contributed by atoms with E-state index in [9.17, 15) is 9.59 Å². The van der Waals surface area contributed by atoms with Gasteiger partial charge in [0.15, 0.2) is 6.10 Å². The van der Waals surface area contributed by atoms with Crippen molar-refractivity contribution < 1.29 is 23.8 Å². The molecule has 2 unspecified atom stereocenters. The van der Waals surface area contributed by atoms with Crippen molar-refractivity contribution >= 4 is 17.7 Å². The van der Waals surface area contributed by atoms with Gasteiger partial charge in [0.05, 0.1) is 24.8 Å². The van der Waals surface area contributed by atoms with Gasteiger partial charge < -0.3 is 14.2 Å². The summed E-state index contributed by atoms with van der Waals surface area (Å²) < 4.78 is 16.7. The molecule has 2 aliphatic carbocycles. The average molecular weight is 506 g/mol. The number of carbonyl (C=O) groups excluding carboxylic acids is 2. The highest BCUT2D eigenvalue weighted by molar-refractivity contribution is 5.90. The standard InChI is InChI=1S/C31H39NO5/c1-20(2)21-10-12-26-22(16-21)11-13-27-30(26,3)14-7-15-31(27,4)28(33)36-19-25-18-32(29(34)37-25)23-8-6-9-24(17-23)35-5/h6,8-10,12,16-17,20,25,27H,7,11,13-15,18-19H2,1-5H3/t25?,27?,30-,31-/m1/s1. The van der Waals surface area contributed by atoms with Crippen LogP contribution in [0, 0.1) is 11.3 Å². The first-order valence-electron chi connectivity index (χ1n) is 13.6. The summed E-state index contributed by atoms with van der Waals surface area (Å²) in [6.07, 6.45) is 3.95. The van der Waals surface area contributed by atoms with E-state index in [1.165, 1.54) is 16.7 Å². The molecule has 1 amide bonds. The minimum atomic E-state index is -0.559. The van der Waals surface area contributed by atoms with Crippen LogP contribution < -0.4 is 9.64 Å². The van der Waals surface area contributed by atoms with E-state index in [4.69, 9.17) is 14.2 Å². The van der Waals surface area contributed by atoms with Crippen molar-refractivity contribution in [3.8, 4) is 5.75 Å². The summed E-state index contributed by atoms with van der Waals surface area (Å²) in [6, 6.07) is 14.3. The second kappa shape index (κ2) is 9.70. The zero-order chi connectivity index (χ0) is 26.4. The summed E-state index contributed by atoms with van der Waals surface area (Å²) >= 11 is 0. The van der Waals surface area contributed by atoms with Gasteiger partial charge in [0, 0.05) is 6.07 Å². The summed E-state index contributed by atoms with van der Waals surface area (Å²) in [7, 11) is 1.59. The Labute approximate surface area is 220 Å². The van der Waals surface area contributed by atoms with Crippen LogP contribution in [0.4, 0.5) is 10.5 Å². The largest absolute Gasteiger partial charge is 0.497 e. The fourth-order valence-corrected chi connectivity index (χ4v) is 7.05. The highest BCUT2D eigenvalue weighted by atomic mass is 16.6. The van der Waals surface area contributed by atoms with Gasteiger partial charge >= 0.3 is 12.1 Å². The highest BCUT2D eigenvalue weighted by Crippen LogP contribution is 2.57. The van der Waals surface area contributed by atoms with E-state index < -0.39 is 17.6 Å². The number of carbonyl (C=O) groups is 2. The predicted molar refractivity (Wildman–Crippen MR) is 143 cm³/mol. The van der Waals surface area contributed by atoms with Crippen LogP contribution in [-0.2, 0) is 26.1 Å². The van der Waals surface area contributed by atoms with Gasteiger partial charge in [-0.3, -0.25) is 9.69 Å². The van der Waals surface area contributed by atoms with Crippen molar-refractivity contribution in [2.24, 2.45) is 11.3 Å². The topological polar surface area (TPSA) is 65.1 Å². The molecule has 1 aliphatic heterocycles. The van der Waals surface area contributed by atoms with Crippen LogP contribution >= 0.6 is 0 Å². The molecule has 2 fully saturated rings. The lowest BCUT2D eigenvalue weighted by Crippen LogP contribution is -2.53. The number of methoxy groups -OCH3 is 1. The molecule has 2 aromatic rings. The Kier molecular flexibility index (Phi) is 6.71. The molecule has 0 aromatic heterocycles. The first kappa shape index (κ1) is 25.6. The molecule has 1 saturated heterocycles. The van der Waals surface area contributed by atoms with Gasteiger partial charge in [0.2, 0.25) is 0 Å². The number of cyclic esters (lactones) is 1. The van der Waals surface area contributed by atoms with Crippen LogP contribution in [0.25, 0.3) is 0 Å². The molecule has 4 atom stereocenters. The monoisotopic (exact) mass is 505 g/mol. The molecular formula is C31H39NO5. The number of ether oxygens (including phenoxy) is 3. The summed E-state index contributed by atoms with van der Waals surface area (Å²) in [5, 5.41) is 0. The van der Waals surface area contributed by atoms with Gasteiger partial charge in [-0.1, -0.05) is 51.5 Å². The third-order valence-electron chi connectivity index (χ3n) is 9.15. The third kappa shape index (κ3) is 4.49. The van der Waals surface area contributed by atoms with E-state index in [0.29, 0.717) is 23.9 Å². The number of rotatable bonds is 6. The number of benzene rings is 2. The molecular weight excluding hydrogens is 466 g/mol. The molecule has 2 aromatic carbocycles. The first-order valence-corrected chi connectivity index (χ1v) is 13.6. The summed E-state index contributed by atoms with van der Waals surface area (Å²) in [6.45, 7) is 9.32. The Morgan fingerprint density at radius 1 is 1.16 bits per heavy atom. The van der Waals surface area contributed by atoms with Crippen LogP contribution in [0.15, 0.2) is 42.5 Å². The summed E-state index contributed by atoms with van der Waals surface area (Å²) in [4.78, 5) is 27.7. The van der Waals surface area contributed by atoms with Crippen LogP contribution in [0.3, 0.4) is 0 Å². The van der Waals surface area contributed by atoms with Crippen LogP contribution in [0.5, 0.6) is 5.75 Å². The lowest BCUT2D eigenvalue weighted by molar-refractivity contribution is -0.166. The lowest BCUT2D eigenvalue weighted by atomic mass is 9.49.